The molecule has 0 spiro atoms. The summed E-state index contributed by atoms with van der Waals surface area (Å²) in [5, 5.41) is 15.4. The smallest absolute Gasteiger partial charge is 0.225 e. The Bertz CT molecular complexity index is 2510. The molecule has 2 aromatic heterocycles. The minimum Gasteiger partial charge on any atom is -0.357 e. The van der Waals surface area contributed by atoms with E-state index in [0.717, 1.165) is 22.7 Å². The monoisotopic (exact) mass is 619 g/mol. The maximum absolute atomic E-state index is 5.14. The molecule has 48 heavy (non-hydrogen) atoms. The third-order valence-electron chi connectivity index (χ3n) is 9.38. The molecule has 6 aromatic carbocycles. The first-order chi connectivity index (χ1) is 23.8. The van der Waals surface area contributed by atoms with Gasteiger partial charge in [-0.05, 0) is 76.9 Å². The number of nitrogens with one attached hydrogen (secondary N) is 1. The molecule has 0 saturated carbocycles. The molecule has 1 aliphatic heterocycles. The van der Waals surface area contributed by atoms with Gasteiger partial charge < -0.3 is 9.88 Å². The Morgan fingerprint density at radius 1 is 0.562 bits per heavy atom. The number of hydrazone groups is 1. The number of rotatable bonds is 4. The van der Waals surface area contributed by atoms with Crippen molar-refractivity contribution >= 4 is 55.1 Å². The van der Waals surface area contributed by atoms with Gasteiger partial charge in [0.25, 0.3) is 0 Å². The zero-order valence-electron chi connectivity index (χ0n) is 26.6. The second-order valence-electron chi connectivity index (χ2n) is 12.2. The van der Waals surface area contributed by atoms with Crippen LogP contribution in [0.2, 0.25) is 0 Å². The maximum Gasteiger partial charge on any atom is 0.225 e. The van der Waals surface area contributed by atoms with Crippen LogP contribution in [0.4, 0.5) is 0 Å². The number of benzene rings is 6. The minimum atomic E-state index is 0.650. The summed E-state index contributed by atoms with van der Waals surface area (Å²) in [5.41, 5.74) is 10.6. The van der Waals surface area contributed by atoms with Crippen LogP contribution in [0.15, 0.2) is 169 Å². The second-order valence-corrected chi connectivity index (χ2v) is 12.2. The van der Waals surface area contributed by atoms with Gasteiger partial charge in [0, 0.05) is 40.5 Å². The quantitative estimate of drug-likeness (QED) is 0.157. The van der Waals surface area contributed by atoms with Gasteiger partial charge in [-0.1, -0.05) is 103 Å². The molecule has 5 nitrogen and oxygen atoms in total. The summed E-state index contributed by atoms with van der Waals surface area (Å²) in [4.78, 5) is 0. The van der Waals surface area contributed by atoms with Crippen molar-refractivity contribution in [3.05, 3.63) is 170 Å². The van der Waals surface area contributed by atoms with E-state index < -0.39 is 0 Å². The Balaban J connectivity index is 1.13. The average Bonchev–Trinajstić information content (AvgIpc) is 3.67. The fourth-order valence-electron chi connectivity index (χ4n) is 7.16. The van der Waals surface area contributed by atoms with E-state index in [0.29, 0.717) is 6.54 Å². The summed E-state index contributed by atoms with van der Waals surface area (Å²) in [5.74, 6) is 0.771. The lowest BCUT2D eigenvalue weighted by atomic mass is 9.99. The number of para-hydroxylation sites is 3. The van der Waals surface area contributed by atoms with Crippen LogP contribution < -0.4 is 5.32 Å². The van der Waals surface area contributed by atoms with E-state index in [1.807, 2.05) is 18.3 Å². The molecule has 8 aromatic rings. The molecule has 0 radical (unpaired) electrons. The van der Waals surface area contributed by atoms with E-state index in [1.54, 1.807) is 0 Å². The molecule has 1 aliphatic rings. The lowest BCUT2D eigenvalue weighted by Gasteiger charge is -2.22. The Hall–Kier alpha value is -6.33. The highest BCUT2D eigenvalue weighted by Crippen LogP contribution is 2.37. The molecular weight excluding hydrogens is 587 g/mol. The van der Waals surface area contributed by atoms with Crippen molar-refractivity contribution < 1.29 is 0 Å². The van der Waals surface area contributed by atoms with Gasteiger partial charge in [-0.3, -0.25) is 9.58 Å². The van der Waals surface area contributed by atoms with Gasteiger partial charge in [-0.2, -0.15) is 0 Å². The molecule has 5 heteroatoms. The minimum absolute atomic E-state index is 0.650. The number of aromatic nitrogens is 2. The molecule has 230 valence electrons. The number of allylic oxidation sites excluding steroid dienone is 2. The molecule has 0 fully saturated rings. The highest BCUT2D eigenvalue weighted by atomic mass is 15.5. The third-order valence-corrected chi connectivity index (χ3v) is 9.38. The van der Waals surface area contributed by atoms with Crippen LogP contribution in [-0.4, -0.2) is 33.7 Å². The van der Waals surface area contributed by atoms with Crippen LogP contribution in [-0.2, 0) is 0 Å². The van der Waals surface area contributed by atoms with Crippen molar-refractivity contribution in [1.29, 1.82) is 0 Å². The third kappa shape index (κ3) is 4.59. The predicted octanol–water partition coefficient (Wildman–Crippen LogP) is 9.81. The Kier molecular flexibility index (Phi) is 6.68. The standard InChI is InChI=1S/C43H33N5/c1-44-43(48-39-20-10-8-18-35(39)36-19-9-11-21-40(36)48)45-46-26-12-15-33(29-46)32-23-25-42-38(28-32)37-27-31(30-13-4-2-5-14-30)22-24-41(37)47(42)34-16-6-3-7-17-34/h2-28H,29H2,1H3,(H,44,45). The number of hydrogen-bond donors (Lipinski definition) is 1. The van der Waals surface area contributed by atoms with E-state index >= 15 is 0 Å². The first-order valence-electron chi connectivity index (χ1n) is 16.4. The van der Waals surface area contributed by atoms with Crippen molar-refractivity contribution in [3.8, 4) is 16.8 Å². The fourth-order valence-corrected chi connectivity index (χ4v) is 7.16. The molecule has 0 aliphatic carbocycles. The summed E-state index contributed by atoms with van der Waals surface area (Å²) in [6.45, 7) is 0.650. The van der Waals surface area contributed by atoms with Gasteiger partial charge >= 0.3 is 0 Å². The van der Waals surface area contributed by atoms with E-state index in [-0.39, 0.29) is 0 Å². The molecule has 0 atom stereocenters. The SMILES string of the molecule is CN/C(=N\N1C=CC=C(c2ccc3c(c2)c2cc(-c4ccccc4)ccc2n3-c2ccccc2)C1)n1c2ccccc2c2ccccc21. The fraction of sp³-hybridized carbons (Fsp3) is 0.0465. The van der Waals surface area contributed by atoms with Gasteiger partial charge in [-0.25, -0.2) is 0 Å². The summed E-state index contributed by atoms with van der Waals surface area (Å²) < 4.78 is 4.59. The van der Waals surface area contributed by atoms with Crippen molar-refractivity contribution in [3.63, 3.8) is 0 Å². The highest BCUT2D eigenvalue weighted by molar-refractivity contribution is 6.14. The Morgan fingerprint density at radius 3 is 1.81 bits per heavy atom. The summed E-state index contributed by atoms with van der Waals surface area (Å²) in [6, 6.07) is 52.0. The van der Waals surface area contributed by atoms with Crippen molar-refractivity contribution in [2.45, 2.75) is 0 Å². The maximum atomic E-state index is 5.14. The summed E-state index contributed by atoms with van der Waals surface area (Å²) in [7, 11) is 1.94. The van der Waals surface area contributed by atoms with E-state index in [2.05, 4.69) is 172 Å². The van der Waals surface area contributed by atoms with Crippen molar-refractivity contribution in [2.24, 2.45) is 5.10 Å². The topological polar surface area (TPSA) is 37.5 Å². The van der Waals surface area contributed by atoms with Crippen LogP contribution in [0.1, 0.15) is 5.56 Å². The Labute approximate surface area is 279 Å². The van der Waals surface area contributed by atoms with E-state index in [9.17, 15) is 0 Å². The highest BCUT2D eigenvalue weighted by Gasteiger charge is 2.18. The second kappa shape index (κ2) is 11.5. The van der Waals surface area contributed by atoms with Crippen molar-refractivity contribution in [1.82, 2.24) is 19.5 Å². The van der Waals surface area contributed by atoms with Gasteiger partial charge in [0.05, 0.1) is 28.6 Å². The number of nitrogens with zero attached hydrogens (tertiary/aromatic N) is 4. The molecule has 1 N–H and O–H groups in total. The lowest BCUT2D eigenvalue weighted by Crippen LogP contribution is -2.30. The van der Waals surface area contributed by atoms with Gasteiger partial charge in [0.2, 0.25) is 5.96 Å². The summed E-state index contributed by atoms with van der Waals surface area (Å²) >= 11 is 0. The molecule has 9 rings (SSSR count). The van der Waals surface area contributed by atoms with Crippen LogP contribution in [0.3, 0.4) is 0 Å². The number of fused-ring (bicyclic) bond motifs is 6. The predicted molar refractivity (Wildman–Crippen MR) is 201 cm³/mol. The largest absolute Gasteiger partial charge is 0.357 e. The van der Waals surface area contributed by atoms with Crippen LogP contribution >= 0.6 is 0 Å². The van der Waals surface area contributed by atoms with Crippen molar-refractivity contribution in [2.75, 3.05) is 13.6 Å². The van der Waals surface area contributed by atoms with Crippen LogP contribution in [0, 0.1) is 0 Å². The zero-order chi connectivity index (χ0) is 32.0. The van der Waals surface area contributed by atoms with Gasteiger partial charge in [0.15, 0.2) is 0 Å². The van der Waals surface area contributed by atoms with Crippen LogP contribution in [0.5, 0.6) is 0 Å². The average molecular weight is 620 g/mol. The zero-order valence-corrected chi connectivity index (χ0v) is 26.6. The molecular formula is C43H33N5. The molecule has 0 unspecified atom stereocenters. The summed E-state index contributed by atoms with van der Waals surface area (Å²) in [6.07, 6.45) is 6.34. The molecule has 0 bridgehead atoms. The normalized spacial score (nSPS) is 13.6. The molecule has 0 amide bonds. The first kappa shape index (κ1) is 27.9. The first-order valence-corrected chi connectivity index (χ1v) is 16.4. The van der Waals surface area contributed by atoms with Gasteiger partial charge in [0.1, 0.15) is 0 Å². The number of hydrogen-bond acceptors (Lipinski definition) is 2. The van der Waals surface area contributed by atoms with Crippen LogP contribution in [0.25, 0.3) is 66.0 Å². The van der Waals surface area contributed by atoms with Gasteiger partial charge in [-0.15, -0.1) is 5.10 Å². The lowest BCUT2D eigenvalue weighted by molar-refractivity contribution is 0.442. The van der Waals surface area contributed by atoms with E-state index in [1.165, 1.54) is 54.8 Å². The van der Waals surface area contributed by atoms with E-state index in [4.69, 9.17) is 5.10 Å². The Morgan fingerprint density at radius 2 is 1.15 bits per heavy atom. The molecule has 3 heterocycles. The molecule has 0 saturated heterocycles.